The van der Waals surface area contributed by atoms with Crippen LogP contribution >= 0.6 is 0 Å². The smallest absolute Gasteiger partial charge is 0.193 e. The van der Waals surface area contributed by atoms with Gasteiger partial charge in [-0.3, -0.25) is 4.79 Å². The Morgan fingerprint density at radius 2 is 1.67 bits per heavy atom. The van der Waals surface area contributed by atoms with Crippen molar-refractivity contribution in [3.05, 3.63) is 65.7 Å². The van der Waals surface area contributed by atoms with Gasteiger partial charge in [-0.1, -0.05) is 30.3 Å². The molecule has 0 radical (unpaired) electrons. The molecular formula is C17H19O3S+. The summed E-state index contributed by atoms with van der Waals surface area (Å²) < 4.78 is 14.8. The molecule has 0 amide bonds. The quantitative estimate of drug-likeness (QED) is 0.484. The Morgan fingerprint density at radius 1 is 1.05 bits per heavy atom. The maximum atomic E-state index is 12.2. The molecule has 0 fully saturated rings. The summed E-state index contributed by atoms with van der Waals surface area (Å²) in [5.74, 6) is 1.51. The van der Waals surface area contributed by atoms with Crippen LogP contribution in [0.5, 0.6) is 5.75 Å². The van der Waals surface area contributed by atoms with E-state index in [4.69, 9.17) is 4.74 Å². The van der Waals surface area contributed by atoms with Gasteiger partial charge in [0.1, 0.15) is 28.9 Å². The minimum absolute atomic E-state index is 0.0115. The highest BCUT2D eigenvalue weighted by molar-refractivity contribution is 7.90. The van der Waals surface area contributed by atoms with Crippen LogP contribution in [0.2, 0.25) is 0 Å². The number of hydrogen-bond acceptors (Lipinski definition) is 3. The minimum atomic E-state index is -0.529. The number of carbonyl (C=O) groups excluding carboxylic acids is 1. The molecule has 0 heterocycles. The Bertz CT molecular complexity index is 564. The highest BCUT2D eigenvalue weighted by Crippen LogP contribution is 2.15. The molecule has 4 heteroatoms. The van der Waals surface area contributed by atoms with Crippen molar-refractivity contribution in [2.75, 3.05) is 18.6 Å². The second-order valence-electron chi connectivity index (χ2n) is 4.73. The van der Waals surface area contributed by atoms with E-state index >= 15 is 0 Å². The van der Waals surface area contributed by atoms with E-state index in [1.54, 1.807) is 30.5 Å². The number of benzene rings is 2. The summed E-state index contributed by atoms with van der Waals surface area (Å²) in [6.45, 7) is 0.573. The van der Waals surface area contributed by atoms with E-state index in [0.717, 1.165) is 17.9 Å². The maximum absolute atomic E-state index is 12.2. The van der Waals surface area contributed by atoms with Crippen molar-refractivity contribution in [1.82, 2.24) is 0 Å². The van der Waals surface area contributed by atoms with Gasteiger partial charge < -0.3 is 4.74 Å². The van der Waals surface area contributed by atoms with E-state index in [0.29, 0.717) is 17.7 Å². The Morgan fingerprint density at radius 3 is 2.29 bits per heavy atom. The largest absolute Gasteiger partial charge is 0.493 e. The molecule has 1 atom stereocenters. The number of ether oxygens (including phenoxy) is 1. The van der Waals surface area contributed by atoms with E-state index < -0.39 is 11.2 Å². The van der Waals surface area contributed by atoms with E-state index in [9.17, 15) is 9.35 Å². The average molecular weight is 303 g/mol. The topological polar surface area (TPSA) is 46.5 Å². The van der Waals surface area contributed by atoms with Crippen LogP contribution in [0.25, 0.3) is 0 Å². The van der Waals surface area contributed by atoms with Crippen LogP contribution < -0.4 is 4.74 Å². The first kappa shape index (κ1) is 15.6. The molecular weight excluding hydrogens is 284 g/mol. The maximum Gasteiger partial charge on any atom is 0.193 e. The molecule has 0 saturated heterocycles. The molecule has 0 aromatic heterocycles. The molecule has 0 aliphatic heterocycles. The zero-order chi connectivity index (χ0) is 15.1. The van der Waals surface area contributed by atoms with Crippen molar-refractivity contribution in [2.45, 2.75) is 6.42 Å². The Labute approximate surface area is 128 Å². The van der Waals surface area contributed by atoms with Gasteiger partial charge in [0.05, 0.1) is 6.61 Å². The zero-order valence-electron chi connectivity index (χ0n) is 12.0. The lowest BCUT2D eigenvalue weighted by Gasteiger charge is -2.06. The zero-order valence-corrected chi connectivity index (χ0v) is 12.8. The summed E-state index contributed by atoms with van der Waals surface area (Å²) in [7, 11) is 0. The SMILES string of the molecule is C[S+](O)CCCOc1ccc(C(=O)c2ccccc2)cc1. The normalized spacial score (nSPS) is 11.9. The lowest BCUT2D eigenvalue weighted by Crippen LogP contribution is -2.07. The van der Waals surface area contributed by atoms with E-state index in [-0.39, 0.29) is 5.78 Å². The first-order valence-corrected chi connectivity index (χ1v) is 8.57. The molecule has 0 aliphatic rings. The molecule has 0 spiro atoms. The molecule has 0 saturated carbocycles. The van der Waals surface area contributed by atoms with Gasteiger partial charge in [0.15, 0.2) is 5.78 Å². The van der Waals surface area contributed by atoms with Crippen molar-refractivity contribution >= 4 is 17.0 Å². The summed E-state index contributed by atoms with van der Waals surface area (Å²) in [6, 6.07) is 16.4. The summed E-state index contributed by atoms with van der Waals surface area (Å²) in [6.07, 6.45) is 2.62. The van der Waals surface area contributed by atoms with Gasteiger partial charge >= 0.3 is 0 Å². The summed E-state index contributed by atoms with van der Waals surface area (Å²) >= 11 is -0.529. The molecule has 0 bridgehead atoms. The van der Waals surface area contributed by atoms with Crippen LogP contribution in [0, 0.1) is 0 Å². The van der Waals surface area contributed by atoms with Crippen LogP contribution in [0.4, 0.5) is 0 Å². The van der Waals surface area contributed by atoms with Gasteiger partial charge in [0.2, 0.25) is 0 Å². The second kappa shape index (κ2) is 7.86. The Balaban J connectivity index is 1.91. The molecule has 2 rings (SSSR count). The van der Waals surface area contributed by atoms with E-state index in [2.05, 4.69) is 0 Å². The predicted molar refractivity (Wildman–Crippen MR) is 87.2 cm³/mol. The fraction of sp³-hybridized carbons (Fsp3) is 0.235. The number of hydrogen-bond donors (Lipinski definition) is 1. The van der Waals surface area contributed by atoms with E-state index in [1.807, 2.05) is 30.3 Å². The number of ketones is 1. The van der Waals surface area contributed by atoms with Crippen molar-refractivity contribution in [3.63, 3.8) is 0 Å². The number of rotatable bonds is 7. The van der Waals surface area contributed by atoms with Crippen molar-refractivity contribution < 1.29 is 14.1 Å². The molecule has 21 heavy (non-hydrogen) atoms. The van der Waals surface area contributed by atoms with Crippen LogP contribution in [-0.4, -0.2) is 29.0 Å². The van der Waals surface area contributed by atoms with Crippen molar-refractivity contribution in [2.24, 2.45) is 0 Å². The highest BCUT2D eigenvalue weighted by Gasteiger charge is 2.09. The van der Waals surface area contributed by atoms with Crippen LogP contribution in [0.1, 0.15) is 22.3 Å². The van der Waals surface area contributed by atoms with Crippen LogP contribution in [0.3, 0.4) is 0 Å². The number of carbonyl (C=O) groups is 1. The fourth-order valence-electron chi connectivity index (χ4n) is 1.92. The standard InChI is InChI=1S/C17H19O3S/c1-21(19)13-5-12-20-16-10-8-15(9-11-16)17(18)14-6-3-2-4-7-14/h2-4,6-11,19H,5,12-13H2,1H3/q+1. The van der Waals surface area contributed by atoms with Crippen molar-refractivity contribution in [3.8, 4) is 5.75 Å². The summed E-state index contributed by atoms with van der Waals surface area (Å²) in [5.41, 5.74) is 1.34. The first-order valence-electron chi connectivity index (χ1n) is 6.81. The van der Waals surface area contributed by atoms with Gasteiger partial charge in [-0.25, -0.2) is 0 Å². The third kappa shape index (κ3) is 4.92. The van der Waals surface area contributed by atoms with Gasteiger partial charge in [0, 0.05) is 17.5 Å². The van der Waals surface area contributed by atoms with Gasteiger partial charge in [-0.05, 0) is 24.3 Å². The lowest BCUT2D eigenvalue weighted by atomic mass is 10.0. The molecule has 2 aromatic carbocycles. The predicted octanol–water partition coefficient (Wildman–Crippen LogP) is 3.41. The fourth-order valence-corrected chi connectivity index (χ4v) is 2.45. The minimum Gasteiger partial charge on any atom is -0.493 e. The van der Waals surface area contributed by atoms with Crippen LogP contribution in [-0.2, 0) is 11.2 Å². The van der Waals surface area contributed by atoms with E-state index in [1.165, 1.54) is 0 Å². The molecule has 0 aliphatic carbocycles. The summed E-state index contributed by atoms with van der Waals surface area (Å²) in [4.78, 5) is 12.2. The second-order valence-corrected chi connectivity index (χ2v) is 6.33. The summed E-state index contributed by atoms with van der Waals surface area (Å²) in [5, 5.41) is 0. The van der Waals surface area contributed by atoms with Crippen molar-refractivity contribution in [1.29, 1.82) is 0 Å². The molecule has 1 unspecified atom stereocenters. The molecule has 3 nitrogen and oxygen atoms in total. The third-order valence-electron chi connectivity index (χ3n) is 3.01. The Hall–Kier alpha value is -1.78. The van der Waals surface area contributed by atoms with Gasteiger partial charge in [-0.15, -0.1) is 0 Å². The molecule has 1 N–H and O–H groups in total. The highest BCUT2D eigenvalue weighted by atomic mass is 32.2. The van der Waals surface area contributed by atoms with Gasteiger partial charge in [0.25, 0.3) is 0 Å². The lowest BCUT2D eigenvalue weighted by molar-refractivity contribution is 0.103. The molecule has 110 valence electrons. The monoisotopic (exact) mass is 303 g/mol. The molecule has 2 aromatic rings. The Kier molecular flexibility index (Phi) is 5.84. The van der Waals surface area contributed by atoms with Crippen LogP contribution in [0.15, 0.2) is 54.6 Å². The first-order chi connectivity index (χ1) is 10.2. The average Bonchev–Trinajstić information content (AvgIpc) is 2.52. The third-order valence-corrected chi connectivity index (χ3v) is 3.88. The van der Waals surface area contributed by atoms with Gasteiger partial charge in [-0.2, -0.15) is 4.55 Å².